The SMILES string of the molecule is C=CC(=O)N1C[C@H](n2c(C#CC3CC3)c(C(=O)NC(C)c3ccccc3)c3c(N)ncnc32)C[C@@H]1CC. The Hall–Kier alpha value is -4.12. The van der Waals surface area contributed by atoms with Crippen molar-refractivity contribution in [2.24, 2.45) is 5.92 Å². The highest BCUT2D eigenvalue weighted by Gasteiger charge is 2.38. The van der Waals surface area contributed by atoms with Gasteiger partial charge in [0.15, 0.2) is 0 Å². The number of rotatable bonds is 6. The molecule has 1 saturated heterocycles. The fraction of sp³-hybridized carbons (Fsp3) is 0.379. The van der Waals surface area contributed by atoms with Crippen molar-refractivity contribution in [2.45, 2.75) is 57.7 Å². The van der Waals surface area contributed by atoms with Gasteiger partial charge >= 0.3 is 0 Å². The number of anilines is 1. The summed E-state index contributed by atoms with van der Waals surface area (Å²) in [5.74, 6) is 6.86. The standard InChI is InChI=1S/C29H32N6O2/c1-4-21-15-22(16-34(21)24(36)5-2)35-23(14-13-19-11-12-19)25(26-27(30)31-17-32-28(26)35)29(37)33-18(3)20-9-7-6-8-10-20/h5-10,17-19,21-22H,2,4,11-12,15-16H2,1,3H3,(H,33,37)(H2,30,31,32)/t18?,21-,22+/m0/s1. The van der Waals surface area contributed by atoms with Crippen molar-refractivity contribution in [1.29, 1.82) is 0 Å². The lowest BCUT2D eigenvalue weighted by atomic mass is 10.1. The lowest BCUT2D eigenvalue weighted by molar-refractivity contribution is -0.126. The summed E-state index contributed by atoms with van der Waals surface area (Å²) in [5.41, 5.74) is 8.91. The molecule has 3 aromatic rings. The number of nitrogen functional groups attached to an aromatic ring is 1. The Kier molecular flexibility index (Phi) is 6.70. The van der Waals surface area contributed by atoms with Crippen molar-refractivity contribution in [3.8, 4) is 11.8 Å². The first-order chi connectivity index (χ1) is 17.9. The number of hydrogen-bond acceptors (Lipinski definition) is 5. The van der Waals surface area contributed by atoms with E-state index in [2.05, 4.69) is 40.6 Å². The molecule has 1 aromatic carbocycles. The molecule has 1 aliphatic carbocycles. The summed E-state index contributed by atoms with van der Waals surface area (Å²) >= 11 is 0. The number of aromatic nitrogens is 3. The second kappa shape index (κ2) is 10.1. The number of amides is 2. The molecule has 37 heavy (non-hydrogen) atoms. The number of carbonyl (C=O) groups excluding carboxylic acids is 2. The van der Waals surface area contributed by atoms with E-state index in [1.165, 1.54) is 12.4 Å². The van der Waals surface area contributed by atoms with Crippen LogP contribution >= 0.6 is 0 Å². The smallest absolute Gasteiger partial charge is 0.255 e. The Labute approximate surface area is 217 Å². The molecule has 190 valence electrons. The number of likely N-dealkylation sites (tertiary alicyclic amines) is 1. The Balaban J connectivity index is 1.64. The molecular formula is C29H32N6O2. The zero-order valence-electron chi connectivity index (χ0n) is 21.3. The van der Waals surface area contributed by atoms with E-state index in [0.717, 1.165) is 31.2 Å². The normalized spacial score (nSPS) is 19.8. The highest BCUT2D eigenvalue weighted by atomic mass is 16.2. The van der Waals surface area contributed by atoms with Gasteiger partial charge in [-0.2, -0.15) is 0 Å². The number of nitrogens with one attached hydrogen (secondary N) is 1. The van der Waals surface area contributed by atoms with E-state index in [0.29, 0.717) is 34.8 Å². The highest BCUT2D eigenvalue weighted by molar-refractivity contribution is 6.12. The Morgan fingerprint density at radius 3 is 2.70 bits per heavy atom. The van der Waals surface area contributed by atoms with Gasteiger partial charge < -0.3 is 20.5 Å². The molecular weight excluding hydrogens is 464 g/mol. The van der Waals surface area contributed by atoms with Gasteiger partial charge in [0.25, 0.3) is 5.91 Å². The first-order valence-corrected chi connectivity index (χ1v) is 12.9. The van der Waals surface area contributed by atoms with Crippen LogP contribution in [0.5, 0.6) is 0 Å². The molecule has 8 nitrogen and oxygen atoms in total. The fourth-order valence-corrected chi connectivity index (χ4v) is 5.20. The quantitative estimate of drug-likeness (QED) is 0.396. The van der Waals surface area contributed by atoms with Gasteiger partial charge in [-0.05, 0) is 50.2 Å². The minimum Gasteiger partial charge on any atom is -0.383 e. The van der Waals surface area contributed by atoms with Crippen LogP contribution in [0.2, 0.25) is 0 Å². The third-order valence-corrected chi connectivity index (χ3v) is 7.35. The Bertz CT molecular complexity index is 1410. The summed E-state index contributed by atoms with van der Waals surface area (Å²) in [4.78, 5) is 37.1. The molecule has 0 radical (unpaired) electrons. The van der Waals surface area contributed by atoms with Crippen LogP contribution in [0.15, 0.2) is 49.3 Å². The van der Waals surface area contributed by atoms with E-state index < -0.39 is 0 Å². The van der Waals surface area contributed by atoms with Crippen molar-refractivity contribution in [3.63, 3.8) is 0 Å². The molecule has 0 bridgehead atoms. The summed E-state index contributed by atoms with van der Waals surface area (Å²) in [5, 5.41) is 3.63. The highest BCUT2D eigenvalue weighted by Crippen LogP contribution is 2.37. The van der Waals surface area contributed by atoms with Crippen LogP contribution in [0.3, 0.4) is 0 Å². The molecule has 5 rings (SSSR count). The molecule has 3 heterocycles. The first kappa shape index (κ1) is 24.6. The van der Waals surface area contributed by atoms with Crippen LogP contribution in [0, 0.1) is 17.8 Å². The molecule has 2 amide bonds. The summed E-state index contributed by atoms with van der Waals surface area (Å²) in [6.45, 7) is 8.18. The van der Waals surface area contributed by atoms with Gasteiger partial charge in [0.2, 0.25) is 5.91 Å². The second-order valence-corrected chi connectivity index (χ2v) is 9.85. The predicted octanol–water partition coefficient (Wildman–Crippen LogP) is 4.00. The average molecular weight is 497 g/mol. The average Bonchev–Trinajstić information content (AvgIpc) is 3.54. The second-order valence-electron chi connectivity index (χ2n) is 9.85. The minimum atomic E-state index is -0.272. The van der Waals surface area contributed by atoms with Crippen LogP contribution < -0.4 is 11.1 Å². The third kappa shape index (κ3) is 4.69. The van der Waals surface area contributed by atoms with Gasteiger partial charge in [-0.25, -0.2) is 9.97 Å². The van der Waals surface area contributed by atoms with Crippen LogP contribution in [0.1, 0.15) is 73.2 Å². The Morgan fingerprint density at radius 1 is 1.27 bits per heavy atom. The van der Waals surface area contributed by atoms with Gasteiger partial charge in [-0.15, -0.1) is 0 Å². The molecule has 3 atom stereocenters. The number of nitrogens with zero attached hydrogens (tertiary/aromatic N) is 4. The summed E-state index contributed by atoms with van der Waals surface area (Å²) in [7, 11) is 0. The van der Waals surface area contributed by atoms with E-state index in [1.54, 1.807) is 0 Å². The first-order valence-electron chi connectivity index (χ1n) is 12.9. The third-order valence-electron chi connectivity index (χ3n) is 7.35. The lowest BCUT2D eigenvalue weighted by Crippen LogP contribution is -2.34. The number of carbonyl (C=O) groups is 2. The van der Waals surface area contributed by atoms with Crippen molar-refractivity contribution in [1.82, 2.24) is 24.8 Å². The van der Waals surface area contributed by atoms with Crippen LogP contribution in [-0.2, 0) is 4.79 Å². The van der Waals surface area contributed by atoms with Gasteiger partial charge in [0.05, 0.1) is 23.0 Å². The fourth-order valence-electron chi connectivity index (χ4n) is 5.20. The number of hydrogen-bond donors (Lipinski definition) is 2. The largest absolute Gasteiger partial charge is 0.383 e. The van der Waals surface area contributed by atoms with E-state index in [1.807, 2.05) is 46.7 Å². The maximum absolute atomic E-state index is 13.9. The van der Waals surface area contributed by atoms with Crippen LogP contribution in [0.25, 0.3) is 11.0 Å². The molecule has 3 N–H and O–H groups in total. The van der Waals surface area contributed by atoms with Gasteiger partial charge in [-0.1, -0.05) is 49.8 Å². The zero-order valence-corrected chi connectivity index (χ0v) is 21.3. The lowest BCUT2D eigenvalue weighted by Gasteiger charge is -2.21. The Morgan fingerprint density at radius 2 is 2.03 bits per heavy atom. The molecule has 2 aromatic heterocycles. The molecule has 0 spiro atoms. The number of fused-ring (bicyclic) bond motifs is 1. The van der Waals surface area contributed by atoms with E-state index in [9.17, 15) is 9.59 Å². The summed E-state index contributed by atoms with van der Waals surface area (Å²) in [6.07, 6.45) is 6.44. The van der Waals surface area contributed by atoms with Crippen molar-refractivity contribution < 1.29 is 9.59 Å². The van der Waals surface area contributed by atoms with Crippen molar-refractivity contribution in [3.05, 3.63) is 66.1 Å². The van der Waals surface area contributed by atoms with E-state index in [4.69, 9.17) is 5.73 Å². The van der Waals surface area contributed by atoms with Crippen LogP contribution in [0.4, 0.5) is 5.82 Å². The molecule has 8 heteroatoms. The van der Waals surface area contributed by atoms with Crippen LogP contribution in [-0.4, -0.2) is 43.8 Å². The van der Waals surface area contributed by atoms with E-state index >= 15 is 0 Å². The maximum atomic E-state index is 13.9. The van der Waals surface area contributed by atoms with Gasteiger partial charge in [0.1, 0.15) is 23.5 Å². The summed E-state index contributed by atoms with van der Waals surface area (Å²) < 4.78 is 2.02. The minimum absolute atomic E-state index is 0.0618. The topological polar surface area (TPSA) is 106 Å². The zero-order chi connectivity index (χ0) is 26.1. The predicted molar refractivity (Wildman–Crippen MR) is 144 cm³/mol. The van der Waals surface area contributed by atoms with E-state index in [-0.39, 0.29) is 35.8 Å². The number of benzene rings is 1. The number of nitrogens with two attached hydrogens (primary N) is 1. The molecule has 1 unspecified atom stereocenters. The maximum Gasteiger partial charge on any atom is 0.255 e. The monoisotopic (exact) mass is 496 g/mol. The van der Waals surface area contributed by atoms with Crippen molar-refractivity contribution >= 4 is 28.7 Å². The molecule has 1 aliphatic heterocycles. The van der Waals surface area contributed by atoms with Gasteiger partial charge in [0, 0.05) is 18.5 Å². The van der Waals surface area contributed by atoms with Crippen molar-refractivity contribution in [2.75, 3.05) is 12.3 Å². The molecule has 2 aliphatic rings. The molecule has 1 saturated carbocycles. The molecule has 2 fully saturated rings. The van der Waals surface area contributed by atoms with Gasteiger partial charge in [-0.3, -0.25) is 9.59 Å². The summed E-state index contributed by atoms with van der Waals surface area (Å²) in [6, 6.07) is 9.53.